The summed E-state index contributed by atoms with van der Waals surface area (Å²) in [5.74, 6) is 1.11. The zero-order valence-electron chi connectivity index (χ0n) is 8.38. The van der Waals surface area contributed by atoms with Crippen molar-refractivity contribution in [3.8, 4) is 0 Å². The van der Waals surface area contributed by atoms with Gasteiger partial charge in [0.1, 0.15) is 5.03 Å². The van der Waals surface area contributed by atoms with Crippen LogP contribution in [-0.4, -0.2) is 35.6 Å². The van der Waals surface area contributed by atoms with Gasteiger partial charge in [-0.3, -0.25) is 0 Å². The fraction of sp³-hybridized carbons (Fsp3) is 0.500. The van der Waals surface area contributed by atoms with E-state index in [2.05, 4.69) is 9.97 Å². The fourth-order valence-electron chi connectivity index (χ4n) is 0.857. The molecule has 2 N–H and O–H groups in total. The third kappa shape index (κ3) is 4.05. The lowest BCUT2D eigenvalue weighted by molar-refractivity contribution is 0.599. The SMILES string of the molecule is CCS(=O)(=O)CCSc1nccnc1N. The Morgan fingerprint density at radius 3 is 2.67 bits per heavy atom. The van der Waals surface area contributed by atoms with Crippen LogP contribution in [0.1, 0.15) is 6.92 Å². The summed E-state index contributed by atoms with van der Waals surface area (Å²) in [4.78, 5) is 7.86. The number of thioether (sulfide) groups is 1. The maximum atomic E-state index is 11.2. The number of anilines is 1. The van der Waals surface area contributed by atoms with Crippen LogP contribution in [0, 0.1) is 0 Å². The quantitative estimate of drug-likeness (QED) is 0.766. The molecule has 1 rings (SSSR count). The van der Waals surface area contributed by atoms with E-state index in [9.17, 15) is 8.42 Å². The van der Waals surface area contributed by atoms with Crippen molar-refractivity contribution in [1.82, 2.24) is 9.97 Å². The summed E-state index contributed by atoms with van der Waals surface area (Å²) in [6.07, 6.45) is 3.04. The van der Waals surface area contributed by atoms with E-state index in [1.807, 2.05) is 0 Å². The van der Waals surface area contributed by atoms with Crippen LogP contribution in [0.25, 0.3) is 0 Å². The molecule has 0 fully saturated rings. The molecule has 0 radical (unpaired) electrons. The van der Waals surface area contributed by atoms with Gasteiger partial charge in [-0.25, -0.2) is 18.4 Å². The average Bonchev–Trinajstić information content (AvgIpc) is 2.21. The molecule has 1 aromatic heterocycles. The second-order valence-corrected chi connectivity index (χ2v) is 6.39. The number of hydrogen-bond acceptors (Lipinski definition) is 6. The maximum absolute atomic E-state index is 11.2. The van der Waals surface area contributed by atoms with Crippen molar-refractivity contribution in [3.05, 3.63) is 12.4 Å². The summed E-state index contributed by atoms with van der Waals surface area (Å²) < 4.78 is 22.4. The molecule has 5 nitrogen and oxygen atoms in total. The van der Waals surface area contributed by atoms with Gasteiger partial charge in [0, 0.05) is 23.9 Å². The van der Waals surface area contributed by atoms with Gasteiger partial charge in [-0.05, 0) is 0 Å². The normalized spacial score (nSPS) is 11.5. The first-order valence-corrected chi connectivity index (χ1v) is 7.25. The Morgan fingerprint density at radius 2 is 2.07 bits per heavy atom. The molecule has 0 atom stereocenters. The fourth-order valence-corrected chi connectivity index (χ4v) is 3.02. The topological polar surface area (TPSA) is 85.9 Å². The van der Waals surface area contributed by atoms with Crippen LogP contribution in [-0.2, 0) is 9.84 Å². The largest absolute Gasteiger partial charge is 0.381 e. The van der Waals surface area contributed by atoms with Crippen LogP contribution in [0.15, 0.2) is 17.4 Å². The smallest absolute Gasteiger partial charge is 0.156 e. The highest BCUT2D eigenvalue weighted by atomic mass is 32.2. The monoisotopic (exact) mass is 247 g/mol. The van der Waals surface area contributed by atoms with Crippen LogP contribution >= 0.6 is 11.8 Å². The first-order chi connectivity index (χ1) is 7.05. The van der Waals surface area contributed by atoms with Crippen LogP contribution < -0.4 is 5.73 Å². The lowest BCUT2D eigenvalue weighted by Gasteiger charge is -2.02. The van der Waals surface area contributed by atoms with Crippen LogP contribution in [0.4, 0.5) is 5.82 Å². The predicted octanol–water partition coefficient (Wildman–Crippen LogP) is 0.586. The van der Waals surface area contributed by atoms with Gasteiger partial charge in [-0.1, -0.05) is 6.92 Å². The van der Waals surface area contributed by atoms with Crippen molar-refractivity contribution in [2.24, 2.45) is 0 Å². The molecule has 84 valence electrons. The van der Waals surface area contributed by atoms with E-state index in [0.717, 1.165) is 0 Å². The van der Waals surface area contributed by atoms with E-state index >= 15 is 0 Å². The second kappa shape index (κ2) is 5.32. The number of sulfone groups is 1. The van der Waals surface area contributed by atoms with E-state index in [-0.39, 0.29) is 11.5 Å². The number of nitrogens with two attached hydrogens (primary N) is 1. The Labute approximate surface area is 93.4 Å². The maximum Gasteiger partial charge on any atom is 0.156 e. The second-order valence-electron chi connectivity index (χ2n) is 2.83. The van der Waals surface area contributed by atoms with Crippen molar-refractivity contribution in [1.29, 1.82) is 0 Å². The van der Waals surface area contributed by atoms with Crippen LogP contribution in [0.3, 0.4) is 0 Å². The van der Waals surface area contributed by atoms with Gasteiger partial charge in [0.15, 0.2) is 15.7 Å². The van der Waals surface area contributed by atoms with E-state index in [4.69, 9.17) is 5.73 Å². The number of rotatable bonds is 5. The summed E-state index contributed by atoms with van der Waals surface area (Å²) in [7, 11) is -2.91. The minimum atomic E-state index is -2.91. The van der Waals surface area contributed by atoms with Gasteiger partial charge in [0.05, 0.1) is 5.75 Å². The van der Waals surface area contributed by atoms with Gasteiger partial charge in [-0.15, -0.1) is 11.8 Å². The zero-order chi connectivity index (χ0) is 11.3. The Balaban J connectivity index is 2.49. The van der Waals surface area contributed by atoms with E-state index < -0.39 is 9.84 Å². The molecule has 0 amide bonds. The standard InChI is InChI=1S/C8H13N3O2S2/c1-2-15(12,13)6-5-14-8-7(9)10-3-4-11-8/h3-4H,2,5-6H2,1H3,(H2,9,10). The third-order valence-electron chi connectivity index (χ3n) is 1.76. The first kappa shape index (κ1) is 12.3. The highest BCUT2D eigenvalue weighted by molar-refractivity contribution is 8.00. The minimum absolute atomic E-state index is 0.143. The number of nitrogen functional groups attached to an aromatic ring is 1. The number of hydrogen-bond donors (Lipinski definition) is 1. The summed E-state index contributed by atoms with van der Waals surface area (Å²) >= 11 is 1.31. The van der Waals surface area contributed by atoms with Crippen molar-refractivity contribution in [3.63, 3.8) is 0 Å². The van der Waals surface area contributed by atoms with Crippen molar-refractivity contribution in [2.75, 3.05) is 23.0 Å². The third-order valence-corrected chi connectivity index (χ3v) is 4.72. The molecule has 0 aromatic carbocycles. The number of aromatic nitrogens is 2. The average molecular weight is 247 g/mol. The molecule has 0 saturated heterocycles. The Morgan fingerprint density at radius 1 is 1.40 bits per heavy atom. The molecule has 1 aromatic rings. The van der Waals surface area contributed by atoms with Gasteiger partial charge < -0.3 is 5.73 Å². The zero-order valence-corrected chi connectivity index (χ0v) is 10.0. The molecular formula is C8H13N3O2S2. The van der Waals surface area contributed by atoms with E-state index in [1.165, 1.54) is 24.2 Å². The summed E-state index contributed by atoms with van der Waals surface area (Å²) in [5.41, 5.74) is 5.56. The lowest BCUT2D eigenvalue weighted by Crippen LogP contribution is -2.10. The molecule has 0 saturated carbocycles. The lowest BCUT2D eigenvalue weighted by atomic mass is 10.7. The summed E-state index contributed by atoms with van der Waals surface area (Å²) in [6, 6.07) is 0. The van der Waals surface area contributed by atoms with Gasteiger partial charge in [0.2, 0.25) is 0 Å². The highest BCUT2D eigenvalue weighted by Crippen LogP contribution is 2.19. The van der Waals surface area contributed by atoms with Crippen molar-refractivity contribution < 1.29 is 8.42 Å². The van der Waals surface area contributed by atoms with Crippen LogP contribution in [0.5, 0.6) is 0 Å². The van der Waals surface area contributed by atoms with E-state index in [0.29, 0.717) is 16.6 Å². The van der Waals surface area contributed by atoms with Crippen molar-refractivity contribution >= 4 is 27.4 Å². The van der Waals surface area contributed by atoms with Crippen LogP contribution in [0.2, 0.25) is 0 Å². The molecular weight excluding hydrogens is 234 g/mol. The Bertz CT molecular complexity index is 420. The molecule has 0 aliphatic carbocycles. The predicted molar refractivity (Wildman–Crippen MR) is 61.5 cm³/mol. The molecule has 0 bridgehead atoms. The van der Waals surface area contributed by atoms with Crippen molar-refractivity contribution in [2.45, 2.75) is 11.9 Å². The first-order valence-electron chi connectivity index (χ1n) is 4.45. The van der Waals surface area contributed by atoms with Gasteiger partial charge in [0.25, 0.3) is 0 Å². The molecule has 0 aliphatic heterocycles. The Kier molecular flexibility index (Phi) is 4.34. The Hall–Kier alpha value is -0.820. The minimum Gasteiger partial charge on any atom is -0.381 e. The molecule has 0 spiro atoms. The highest BCUT2D eigenvalue weighted by Gasteiger charge is 2.08. The van der Waals surface area contributed by atoms with E-state index in [1.54, 1.807) is 6.92 Å². The molecule has 7 heteroatoms. The molecule has 0 unspecified atom stereocenters. The molecule has 15 heavy (non-hydrogen) atoms. The number of nitrogens with zero attached hydrogens (tertiary/aromatic N) is 2. The van der Waals surface area contributed by atoms with Gasteiger partial charge in [-0.2, -0.15) is 0 Å². The summed E-state index contributed by atoms with van der Waals surface area (Å²) in [5, 5.41) is 0.587. The molecule has 1 heterocycles. The summed E-state index contributed by atoms with van der Waals surface area (Å²) in [6.45, 7) is 1.64. The van der Waals surface area contributed by atoms with Gasteiger partial charge >= 0.3 is 0 Å². The molecule has 0 aliphatic rings.